The molecule has 0 spiro atoms. The number of anilines is 1. The minimum Gasteiger partial charge on any atom is -0.438 e. The number of furan rings is 1. The fraction of sp³-hybridized carbons (Fsp3) is 0.200. The van der Waals surface area contributed by atoms with Crippen molar-refractivity contribution in [1.82, 2.24) is 14.9 Å². The topological polar surface area (TPSA) is 117 Å². The second-order valence-electron chi connectivity index (χ2n) is 3.69. The van der Waals surface area contributed by atoms with E-state index in [0.717, 1.165) is 0 Å². The third kappa shape index (κ3) is 2.66. The maximum Gasteiger partial charge on any atom is 0.291 e. The van der Waals surface area contributed by atoms with Crippen molar-refractivity contribution in [1.29, 1.82) is 0 Å². The first-order valence-corrected chi connectivity index (χ1v) is 6.77. The van der Waals surface area contributed by atoms with Gasteiger partial charge in [-0.15, -0.1) is 0 Å². The zero-order valence-corrected chi connectivity index (χ0v) is 11.0. The molecular weight excluding hydrogens is 272 g/mol. The van der Waals surface area contributed by atoms with Gasteiger partial charge in [0.25, 0.3) is 15.9 Å². The highest BCUT2D eigenvalue weighted by Crippen LogP contribution is 2.16. The molecule has 0 unspecified atom stereocenters. The van der Waals surface area contributed by atoms with Crippen molar-refractivity contribution >= 4 is 21.6 Å². The van der Waals surface area contributed by atoms with E-state index < -0.39 is 15.9 Å². The molecule has 0 bridgehead atoms. The van der Waals surface area contributed by atoms with Crippen LogP contribution in [-0.4, -0.2) is 31.6 Å². The lowest BCUT2D eigenvalue weighted by Crippen LogP contribution is -2.18. The summed E-state index contributed by atoms with van der Waals surface area (Å²) in [5, 5.41) is 8.64. The van der Waals surface area contributed by atoms with Crippen LogP contribution in [0.2, 0.25) is 0 Å². The number of amides is 1. The summed E-state index contributed by atoms with van der Waals surface area (Å²) in [7, 11) is -2.44. The number of sulfonamides is 1. The fourth-order valence-corrected chi connectivity index (χ4v) is 2.00. The van der Waals surface area contributed by atoms with Gasteiger partial charge in [-0.3, -0.25) is 9.89 Å². The Morgan fingerprint density at radius 2 is 2.16 bits per heavy atom. The van der Waals surface area contributed by atoms with E-state index in [9.17, 15) is 13.2 Å². The smallest absolute Gasteiger partial charge is 0.291 e. The number of nitrogens with one attached hydrogen (secondary N) is 3. The number of aromatic amines is 1. The van der Waals surface area contributed by atoms with E-state index in [2.05, 4.69) is 20.2 Å². The van der Waals surface area contributed by atoms with Crippen molar-refractivity contribution in [2.24, 2.45) is 0 Å². The minimum atomic E-state index is -3.70. The Hall–Kier alpha value is -2.13. The van der Waals surface area contributed by atoms with E-state index >= 15 is 0 Å². The number of rotatable bonds is 4. The van der Waals surface area contributed by atoms with Crippen LogP contribution >= 0.6 is 0 Å². The quantitative estimate of drug-likeness (QED) is 0.754. The second-order valence-corrected chi connectivity index (χ2v) is 5.51. The Bertz CT molecular complexity index is 701. The summed E-state index contributed by atoms with van der Waals surface area (Å²) in [4.78, 5) is 11.8. The van der Waals surface area contributed by atoms with Crippen molar-refractivity contribution in [2.75, 3.05) is 12.4 Å². The molecule has 0 aliphatic rings. The highest BCUT2D eigenvalue weighted by atomic mass is 32.2. The number of hydrogen-bond donors (Lipinski definition) is 3. The predicted octanol–water partition coefficient (Wildman–Crippen LogP) is 0.472. The number of nitrogens with zero attached hydrogens (tertiary/aromatic N) is 1. The van der Waals surface area contributed by atoms with Gasteiger partial charge in [0.05, 0.1) is 17.6 Å². The fourth-order valence-electron chi connectivity index (χ4n) is 1.35. The van der Waals surface area contributed by atoms with Crippen LogP contribution < -0.4 is 10.0 Å². The van der Waals surface area contributed by atoms with E-state index in [0.29, 0.717) is 11.4 Å². The molecule has 19 heavy (non-hydrogen) atoms. The van der Waals surface area contributed by atoms with Crippen LogP contribution in [0.3, 0.4) is 0 Å². The average molecular weight is 284 g/mol. The molecule has 0 aromatic carbocycles. The van der Waals surface area contributed by atoms with Crippen molar-refractivity contribution < 1.29 is 17.6 Å². The van der Waals surface area contributed by atoms with E-state index in [1.54, 1.807) is 6.92 Å². The van der Waals surface area contributed by atoms with Gasteiger partial charge in [0.2, 0.25) is 5.09 Å². The molecule has 0 saturated heterocycles. The molecule has 0 radical (unpaired) electrons. The normalized spacial score (nSPS) is 11.5. The lowest BCUT2D eigenvalue weighted by Gasteiger charge is -2.01. The van der Waals surface area contributed by atoms with Crippen LogP contribution in [-0.2, 0) is 10.0 Å². The molecular formula is C10H12N4O4S. The Balaban J connectivity index is 2.20. The summed E-state index contributed by atoms with van der Waals surface area (Å²) in [6.07, 6.45) is 1.45. The Morgan fingerprint density at radius 3 is 2.74 bits per heavy atom. The minimum absolute atomic E-state index is 0.102. The van der Waals surface area contributed by atoms with E-state index in [1.165, 1.54) is 25.4 Å². The molecule has 1 amide bonds. The van der Waals surface area contributed by atoms with Crippen molar-refractivity contribution in [3.05, 3.63) is 29.8 Å². The summed E-state index contributed by atoms with van der Waals surface area (Å²) in [6, 6.07) is 2.50. The highest BCUT2D eigenvalue weighted by Gasteiger charge is 2.20. The lowest BCUT2D eigenvalue weighted by molar-refractivity contribution is 0.0991. The van der Waals surface area contributed by atoms with Crippen LogP contribution in [0.15, 0.2) is 27.8 Å². The Kier molecular flexibility index (Phi) is 3.40. The maximum absolute atomic E-state index is 11.8. The summed E-state index contributed by atoms with van der Waals surface area (Å²) < 4.78 is 30.0. The van der Waals surface area contributed by atoms with E-state index in [-0.39, 0.29) is 10.9 Å². The molecule has 0 aliphatic heterocycles. The third-order valence-electron chi connectivity index (χ3n) is 2.42. The number of carbonyl (C=O) groups is 1. The van der Waals surface area contributed by atoms with Gasteiger partial charge in [-0.05, 0) is 26.1 Å². The largest absolute Gasteiger partial charge is 0.438 e. The van der Waals surface area contributed by atoms with Crippen molar-refractivity contribution in [2.45, 2.75) is 12.0 Å². The zero-order valence-electron chi connectivity index (χ0n) is 10.2. The first kappa shape index (κ1) is 13.3. The van der Waals surface area contributed by atoms with Gasteiger partial charge in [0.15, 0.2) is 5.76 Å². The standard InChI is InChI=1S/C10H12N4O4S/c1-6-7(5-12-14-6)13-10(15)8-3-4-9(18-8)19(16,17)11-2/h3-5,11H,1-2H3,(H,12,14)(H,13,15). The van der Waals surface area contributed by atoms with E-state index in [4.69, 9.17) is 4.42 Å². The summed E-state index contributed by atoms with van der Waals surface area (Å²) in [5.41, 5.74) is 1.18. The number of H-pyrrole nitrogens is 1. The van der Waals surface area contributed by atoms with Crippen molar-refractivity contribution in [3.8, 4) is 0 Å². The van der Waals surface area contributed by atoms with Crippen LogP contribution in [0.1, 0.15) is 16.2 Å². The molecule has 3 N–H and O–H groups in total. The molecule has 0 aliphatic carbocycles. The van der Waals surface area contributed by atoms with Crippen LogP contribution in [0.5, 0.6) is 0 Å². The number of aromatic nitrogens is 2. The lowest BCUT2D eigenvalue weighted by atomic mass is 10.3. The number of aryl methyl sites for hydroxylation is 1. The third-order valence-corrected chi connectivity index (χ3v) is 3.70. The van der Waals surface area contributed by atoms with Crippen LogP contribution in [0.25, 0.3) is 0 Å². The highest BCUT2D eigenvalue weighted by molar-refractivity contribution is 7.89. The number of carbonyl (C=O) groups excluding carboxylic acids is 1. The Labute approximate surface area is 109 Å². The Morgan fingerprint density at radius 1 is 1.42 bits per heavy atom. The van der Waals surface area contributed by atoms with Gasteiger partial charge < -0.3 is 9.73 Å². The molecule has 102 valence electrons. The molecule has 2 heterocycles. The average Bonchev–Trinajstić information content (AvgIpc) is 2.99. The van der Waals surface area contributed by atoms with Gasteiger partial charge in [-0.2, -0.15) is 5.10 Å². The van der Waals surface area contributed by atoms with Gasteiger partial charge in [0, 0.05) is 0 Å². The van der Waals surface area contributed by atoms with Crippen LogP contribution in [0, 0.1) is 6.92 Å². The molecule has 0 fully saturated rings. The molecule has 2 aromatic heterocycles. The molecule has 2 rings (SSSR count). The molecule has 2 aromatic rings. The summed E-state index contributed by atoms with van der Waals surface area (Å²) >= 11 is 0. The van der Waals surface area contributed by atoms with E-state index in [1.807, 2.05) is 0 Å². The SMILES string of the molecule is CNS(=O)(=O)c1ccc(C(=O)Nc2cn[nH]c2C)o1. The maximum atomic E-state index is 11.8. The van der Waals surface area contributed by atoms with Crippen LogP contribution in [0.4, 0.5) is 5.69 Å². The summed E-state index contributed by atoms with van der Waals surface area (Å²) in [6.45, 7) is 1.74. The first-order chi connectivity index (χ1) is 8.94. The van der Waals surface area contributed by atoms with Gasteiger partial charge in [-0.1, -0.05) is 0 Å². The van der Waals surface area contributed by atoms with Gasteiger partial charge in [0.1, 0.15) is 0 Å². The van der Waals surface area contributed by atoms with Gasteiger partial charge in [-0.25, -0.2) is 13.1 Å². The molecule has 9 heteroatoms. The van der Waals surface area contributed by atoms with Crippen molar-refractivity contribution in [3.63, 3.8) is 0 Å². The molecule has 0 saturated carbocycles. The van der Waals surface area contributed by atoms with Gasteiger partial charge >= 0.3 is 0 Å². The molecule has 0 atom stereocenters. The number of hydrogen-bond acceptors (Lipinski definition) is 5. The molecule has 8 nitrogen and oxygen atoms in total. The predicted molar refractivity (Wildman–Crippen MR) is 66.2 cm³/mol. The summed E-state index contributed by atoms with van der Waals surface area (Å²) in [5.74, 6) is -0.656. The zero-order chi connectivity index (χ0) is 14.0. The monoisotopic (exact) mass is 284 g/mol. The first-order valence-electron chi connectivity index (χ1n) is 5.29. The second kappa shape index (κ2) is 4.86.